The van der Waals surface area contributed by atoms with Gasteiger partial charge < -0.3 is 9.13 Å². The second-order valence-electron chi connectivity index (χ2n) is 6.65. The minimum atomic E-state index is -5.12. The Bertz CT molecular complexity index is 781. The van der Waals surface area contributed by atoms with Gasteiger partial charge in [0.2, 0.25) is 0 Å². The van der Waals surface area contributed by atoms with Crippen LogP contribution < -0.4 is 0 Å². The molecule has 0 bridgehead atoms. The van der Waals surface area contributed by atoms with Crippen molar-refractivity contribution in [2.45, 2.75) is 78.3 Å². The van der Waals surface area contributed by atoms with Gasteiger partial charge in [-0.1, -0.05) is 52.4 Å². The molecule has 2 heterocycles. The molecule has 2 N–H and O–H groups in total. The standard InChI is InChI=1S/2C9H16N2.H2O7S2/c2*1-2-3-4-5-7-11-8-6-10-9-11;1-8(2,3)7-9(4,5)6/h2*6,8-9H,2-5,7H2,1H3;(H,1,2,3)(H,4,5,6). The Kier molecular flexibility index (Phi) is 15.9. The second kappa shape index (κ2) is 16.8. The summed E-state index contributed by atoms with van der Waals surface area (Å²) in [5.41, 5.74) is 0. The van der Waals surface area contributed by atoms with Crippen LogP contribution in [0.5, 0.6) is 0 Å². The number of nitrogens with zero attached hydrogens (tertiary/aromatic N) is 4. The van der Waals surface area contributed by atoms with E-state index in [0.29, 0.717) is 0 Å². The van der Waals surface area contributed by atoms with Gasteiger partial charge in [-0.15, -0.1) is 3.63 Å². The highest BCUT2D eigenvalue weighted by atomic mass is 32.3. The van der Waals surface area contributed by atoms with E-state index < -0.39 is 20.8 Å². The summed E-state index contributed by atoms with van der Waals surface area (Å²) in [6.45, 7) is 6.72. The summed E-state index contributed by atoms with van der Waals surface area (Å²) >= 11 is 0. The molecule has 0 atom stereocenters. The number of rotatable bonds is 12. The average Bonchev–Trinajstić information content (AvgIpc) is 3.34. The summed E-state index contributed by atoms with van der Waals surface area (Å²) in [6, 6.07) is 0. The van der Waals surface area contributed by atoms with Crippen LogP contribution in [0, 0.1) is 0 Å². The maximum absolute atomic E-state index is 9.44. The summed E-state index contributed by atoms with van der Waals surface area (Å²) in [6.07, 6.45) is 22.0. The molecule has 0 aliphatic rings. The van der Waals surface area contributed by atoms with Gasteiger partial charge in [0.25, 0.3) is 0 Å². The minimum Gasteiger partial charge on any atom is -0.337 e. The fourth-order valence-electron chi connectivity index (χ4n) is 2.39. The zero-order valence-corrected chi connectivity index (χ0v) is 19.7. The van der Waals surface area contributed by atoms with Crippen LogP contribution in [0.3, 0.4) is 0 Å². The number of aryl methyl sites for hydroxylation is 2. The molecule has 0 saturated carbocycles. The summed E-state index contributed by atoms with van der Waals surface area (Å²) in [7, 11) is -10.2. The predicted molar refractivity (Wildman–Crippen MR) is 117 cm³/mol. The molecule has 0 unspecified atom stereocenters. The third kappa shape index (κ3) is 21.2. The molecule has 13 heteroatoms. The van der Waals surface area contributed by atoms with E-state index in [9.17, 15) is 16.8 Å². The Labute approximate surface area is 185 Å². The lowest BCUT2D eigenvalue weighted by Gasteiger charge is -1.99. The molecular formula is C18H34N4O7S2. The molecule has 0 fully saturated rings. The molecule has 180 valence electrons. The highest BCUT2D eigenvalue weighted by molar-refractivity contribution is 7.94. The van der Waals surface area contributed by atoms with Crippen molar-refractivity contribution in [3.05, 3.63) is 37.4 Å². The molecule has 0 radical (unpaired) electrons. The highest BCUT2D eigenvalue weighted by Crippen LogP contribution is 2.01. The van der Waals surface area contributed by atoms with Crippen molar-refractivity contribution in [3.8, 4) is 0 Å². The first kappa shape index (κ1) is 29.2. The van der Waals surface area contributed by atoms with Crippen LogP contribution in [0.2, 0.25) is 0 Å². The zero-order chi connectivity index (χ0) is 23.6. The van der Waals surface area contributed by atoms with Gasteiger partial charge >= 0.3 is 20.8 Å². The first-order valence-corrected chi connectivity index (χ1v) is 12.9. The van der Waals surface area contributed by atoms with Crippen molar-refractivity contribution >= 4 is 20.8 Å². The lowest BCUT2D eigenvalue weighted by Crippen LogP contribution is -2.10. The number of hydrogen-bond acceptors (Lipinski definition) is 7. The third-order valence-electron chi connectivity index (χ3n) is 3.83. The molecule has 0 aromatic carbocycles. The first-order valence-electron chi connectivity index (χ1n) is 10.1. The van der Waals surface area contributed by atoms with Crippen molar-refractivity contribution < 1.29 is 29.6 Å². The van der Waals surface area contributed by atoms with Crippen LogP contribution in [-0.4, -0.2) is 45.0 Å². The summed E-state index contributed by atoms with van der Waals surface area (Å²) in [5, 5.41) is 0. The number of aromatic nitrogens is 4. The summed E-state index contributed by atoms with van der Waals surface area (Å²) in [4.78, 5) is 7.97. The van der Waals surface area contributed by atoms with Gasteiger partial charge in [-0.25, -0.2) is 9.97 Å². The van der Waals surface area contributed by atoms with E-state index in [1.54, 1.807) is 0 Å². The Hall–Kier alpha value is -1.80. The fraction of sp³-hybridized carbons (Fsp3) is 0.667. The number of imidazole rings is 2. The monoisotopic (exact) mass is 482 g/mol. The van der Waals surface area contributed by atoms with Crippen LogP contribution in [0.1, 0.15) is 65.2 Å². The van der Waals surface area contributed by atoms with Gasteiger partial charge in [0.05, 0.1) is 12.7 Å². The maximum atomic E-state index is 9.44. The Morgan fingerprint density at radius 2 is 1.10 bits per heavy atom. The first-order chi connectivity index (χ1) is 14.6. The van der Waals surface area contributed by atoms with Crippen molar-refractivity contribution in [2.75, 3.05) is 0 Å². The third-order valence-corrected chi connectivity index (χ3v) is 5.21. The molecule has 0 aliphatic heterocycles. The van der Waals surface area contributed by atoms with E-state index in [0.717, 1.165) is 13.1 Å². The van der Waals surface area contributed by atoms with Gasteiger partial charge in [0, 0.05) is 37.9 Å². The number of hydrogen-bond donors (Lipinski definition) is 2. The van der Waals surface area contributed by atoms with Crippen molar-refractivity contribution in [1.82, 2.24) is 19.1 Å². The second-order valence-corrected chi connectivity index (χ2v) is 8.90. The molecule has 0 aliphatic carbocycles. The van der Waals surface area contributed by atoms with Crippen molar-refractivity contribution in [3.63, 3.8) is 0 Å². The largest absolute Gasteiger partial charge is 0.413 e. The summed E-state index contributed by atoms with van der Waals surface area (Å²) < 4.78 is 59.8. The van der Waals surface area contributed by atoms with Crippen LogP contribution in [-0.2, 0) is 37.5 Å². The molecule has 11 nitrogen and oxygen atoms in total. The number of unbranched alkanes of at least 4 members (excludes halogenated alkanes) is 6. The lowest BCUT2D eigenvalue weighted by atomic mass is 10.2. The molecule has 0 amide bonds. The Balaban J connectivity index is 0.000000439. The van der Waals surface area contributed by atoms with E-state index >= 15 is 0 Å². The van der Waals surface area contributed by atoms with Crippen LogP contribution in [0.15, 0.2) is 37.4 Å². The lowest BCUT2D eigenvalue weighted by molar-refractivity contribution is 0.344. The highest BCUT2D eigenvalue weighted by Gasteiger charge is 2.15. The Morgan fingerprint density at radius 3 is 1.32 bits per heavy atom. The smallest absolute Gasteiger partial charge is 0.337 e. The van der Waals surface area contributed by atoms with Gasteiger partial charge in [0.1, 0.15) is 0 Å². The molecule has 0 saturated heterocycles. The van der Waals surface area contributed by atoms with E-state index in [4.69, 9.17) is 9.11 Å². The predicted octanol–water partition coefficient (Wildman–Crippen LogP) is 3.54. The van der Waals surface area contributed by atoms with Gasteiger partial charge in [-0.05, 0) is 12.8 Å². The van der Waals surface area contributed by atoms with Crippen LogP contribution in [0.25, 0.3) is 0 Å². The van der Waals surface area contributed by atoms with E-state index in [1.807, 2.05) is 37.4 Å². The van der Waals surface area contributed by atoms with E-state index in [-0.39, 0.29) is 0 Å². The van der Waals surface area contributed by atoms with Crippen molar-refractivity contribution in [2.24, 2.45) is 0 Å². The molecule has 2 aromatic heterocycles. The van der Waals surface area contributed by atoms with E-state index in [1.165, 1.54) is 51.4 Å². The van der Waals surface area contributed by atoms with Crippen LogP contribution >= 0.6 is 0 Å². The van der Waals surface area contributed by atoms with Gasteiger partial charge in [-0.2, -0.15) is 16.8 Å². The van der Waals surface area contributed by atoms with Crippen LogP contribution in [0.4, 0.5) is 0 Å². The topological polar surface area (TPSA) is 154 Å². The van der Waals surface area contributed by atoms with E-state index in [2.05, 4.69) is 36.6 Å². The molecular weight excluding hydrogens is 448 g/mol. The molecule has 2 aromatic rings. The quantitative estimate of drug-likeness (QED) is 0.341. The van der Waals surface area contributed by atoms with Crippen molar-refractivity contribution in [1.29, 1.82) is 0 Å². The average molecular weight is 483 g/mol. The zero-order valence-electron chi connectivity index (χ0n) is 18.1. The Morgan fingerprint density at radius 1 is 0.710 bits per heavy atom. The van der Waals surface area contributed by atoms with Gasteiger partial charge in [0.15, 0.2) is 0 Å². The molecule has 2 rings (SSSR count). The fourth-order valence-corrected chi connectivity index (χ4v) is 3.26. The van der Waals surface area contributed by atoms with Gasteiger partial charge in [-0.3, -0.25) is 9.11 Å². The minimum absolute atomic E-state index is 1.12. The molecule has 0 spiro atoms. The maximum Gasteiger partial charge on any atom is 0.413 e. The molecule has 31 heavy (non-hydrogen) atoms. The summed E-state index contributed by atoms with van der Waals surface area (Å²) in [5.74, 6) is 0. The normalized spacial score (nSPS) is 11.2. The SMILES string of the molecule is CCCCCCn1ccnc1.CCCCCCn1ccnc1.O=S(=O)(O)OS(=O)(=O)O.